The normalized spacial score (nSPS) is 13.0. The van der Waals surface area contributed by atoms with Crippen molar-refractivity contribution >= 4 is 11.9 Å². The second-order valence-electron chi connectivity index (χ2n) is 5.73. The summed E-state index contributed by atoms with van der Waals surface area (Å²) < 4.78 is 0. The third-order valence-electron chi connectivity index (χ3n) is 3.36. The van der Waals surface area contributed by atoms with Gasteiger partial charge in [-0.15, -0.1) is 0 Å². The van der Waals surface area contributed by atoms with Crippen molar-refractivity contribution in [3.8, 4) is 0 Å². The van der Waals surface area contributed by atoms with E-state index in [-0.39, 0.29) is 63.7 Å². The summed E-state index contributed by atoms with van der Waals surface area (Å²) in [5.41, 5.74) is 0. The fourth-order valence-corrected chi connectivity index (χ4v) is 2.20. The number of unbranched alkanes of at least 4 members (excludes halogenated alkanes) is 4. The molecule has 0 fully saturated rings. The molecule has 0 aliphatic heterocycles. The molecule has 0 bridgehead atoms. The third-order valence-corrected chi connectivity index (χ3v) is 3.36. The van der Waals surface area contributed by atoms with Crippen molar-refractivity contribution in [3.05, 3.63) is 0 Å². The van der Waals surface area contributed by atoms with Gasteiger partial charge in [-0.2, -0.15) is 0 Å². The summed E-state index contributed by atoms with van der Waals surface area (Å²) in [5.74, 6) is -0.942. The predicted octanol–water partition coefficient (Wildman–Crippen LogP) is -1.73. The van der Waals surface area contributed by atoms with Gasteiger partial charge >= 0.3 is 57.4 Å². The number of aliphatic imine (C=N–C) groups is 1. The quantitative estimate of drug-likeness (QED) is 0.167. The molecule has 0 radical (unpaired) electrons. The van der Waals surface area contributed by atoms with E-state index in [1.807, 2.05) is 4.90 Å². The zero-order valence-electron chi connectivity index (χ0n) is 15.0. The summed E-state index contributed by atoms with van der Waals surface area (Å²) >= 11 is 0. The van der Waals surface area contributed by atoms with E-state index in [0.717, 1.165) is 12.8 Å². The largest absolute Gasteiger partial charge is 1.00 e. The molecule has 1 atom stereocenters. The van der Waals surface area contributed by atoms with Crippen LogP contribution in [0.25, 0.3) is 0 Å². The van der Waals surface area contributed by atoms with Gasteiger partial charge in [-0.05, 0) is 25.7 Å². The molecule has 1 unspecified atom stereocenters. The van der Waals surface area contributed by atoms with E-state index in [1.54, 1.807) is 6.92 Å². The fraction of sp³-hybridized carbons (Fsp3) is 0.875. The molecule has 7 heteroatoms. The van der Waals surface area contributed by atoms with Crippen LogP contribution < -0.4 is 56.5 Å². The predicted molar refractivity (Wildman–Crippen MR) is 86.1 cm³/mol. The van der Waals surface area contributed by atoms with Crippen LogP contribution in [0.15, 0.2) is 4.99 Å². The van der Waals surface area contributed by atoms with E-state index in [4.69, 9.17) is 5.11 Å². The molecule has 0 aromatic heterocycles. The average molecular weight is 355 g/mol. The van der Waals surface area contributed by atoms with E-state index < -0.39 is 12.1 Å². The number of hydrogen-bond acceptors (Lipinski definition) is 5. The maximum atomic E-state index is 11.6. The van der Waals surface area contributed by atoms with E-state index in [0.29, 0.717) is 32.6 Å². The number of aliphatic hydroxyl groups excluding tert-OH is 1. The van der Waals surface area contributed by atoms with E-state index >= 15 is 0 Å². The first-order valence-electron chi connectivity index (χ1n) is 8.28. The van der Waals surface area contributed by atoms with E-state index in [9.17, 15) is 15.0 Å². The van der Waals surface area contributed by atoms with Crippen molar-refractivity contribution in [2.75, 3.05) is 26.2 Å². The summed E-state index contributed by atoms with van der Waals surface area (Å²) in [6.45, 7) is 5.44. The first-order valence-corrected chi connectivity index (χ1v) is 8.28. The van der Waals surface area contributed by atoms with Gasteiger partial charge in [0.15, 0.2) is 0 Å². The Morgan fingerprint density at radius 3 is 2.39 bits per heavy atom. The summed E-state index contributed by atoms with van der Waals surface area (Å²) in [4.78, 5) is 16.4. The minimum absolute atomic E-state index is 0. The summed E-state index contributed by atoms with van der Waals surface area (Å²) in [7, 11) is 0. The molecule has 0 amide bonds. The van der Waals surface area contributed by atoms with Gasteiger partial charge in [0.1, 0.15) is 0 Å². The van der Waals surface area contributed by atoms with Crippen LogP contribution in [0.3, 0.4) is 0 Å². The van der Waals surface area contributed by atoms with Crippen molar-refractivity contribution in [1.29, 1.82) is 0 Å². The molecule has 0 aromatic carbocycles. The monoisotopic (exact) mass is 354 g/mol. The second kappa shape index (κ2) is 17.3. The number of carbonyl (C=O) groups is 1. The van der Waals surface area contributed by atoms with Gasteiger partial charge in [-0.25, -0.2) is 0 Å². The number of hydrogen-bond donors (Lipinski definition) is 2. The van der Waals surface area contributed by atoms with Crippen LogP contribution in [0, 0.1) is 0 Å². The van der Waals surface area contributed by atoms with Gasteiger partial charge in [0.25, 0.3) is 0 Å². The molecule has 0 aliphatic rings. The molecule has 6 nitrogen and oxygen atoms in total. The van der Waals surface area contributed by atoms with Crippen molar-refractivity contribution in [1.82, 2.24) is 4.90 Å². The molecule has 23 heavy (non-hydrogen) atoms. The average Bonchev–Trinajstić information content (AvgIpc) is 2.43. The van der Waals surface area contributed by atoms with E-state index in [1.165, 1.54) is 19.3 Å². The first-order chi connectivity index (χ1) is 10.5. The Bertz CT molecular complexity index is 325. The van der Waals surface area contributed by atoms with Crippen LogP contribution in [0.5, 0.6) is 0 Å². The molecular formula is C16H31KN2O4. The van der Waals surface area contributed by atoms with Crippen LogP contribution >= 0.6 is 0 Å². The minimum atomic E-state index is -0.865. The molecule has 0 aromatic rings. The number of aliphatic carboxylic acids is 1. The van der Waals surface area contributed by atoms with Crippen LogP contribution in [-0.2, 0) is 4.79 Å². The zero-order valence-corrected chi connectivity index (χ0v) is 18.1. The molecule has 2 N–H and O–H groups in total. The van der Waals surface area contributed by atoms with Crippen LogP contribution in [0.2, 0.25) is 0 Å². The van der Waals surface area contributed by atoms with E-state index in [2.05, 4.69) is 11.9 Å². The summed E-state index contributed by atoms with van der Waals surface area (Å²) in [6, 6.07) is 0. The molecule has 0 heterocycles. The maximum Gasteiger partial charge on any atom is 1.00 e. The van der Waals surface area contributed by atoms with Crippen molar-refractivity contribution in [2.45, 2.75) is 64.9 Å². The number of aliphatic hydroxyl groups is 1. The summed E-state index contributed by atoms with van der Waals surface area (Å²) in [5, 5.41) is 29.7. The van der Waals surface area contributed by atoms with Crippen LogP contribution in [0.4, 0.5) is 0 Å². The third kappa shape index (κ3) is 18.7. The molecule has 0 saturated carbocycles. The molecule has 0 spiro atoms. The second-order valence-corrected chi connectivity index (χ2v) is 5.73. The first kappa shape index (κ1) is 25.7. The van der Waals surface area contributed by atoms with Crippen molar-refractivity contribution < 1.29 is 71.5 Å². The Hall–Kier alpha value is 0.496. The smallest absolute Gasteiger partial charge is 0.862 e. The van der Waals surface area contributed by atoms with Gasteiger partial charge in [-0.1, -0.05) is 32.6 Å². The van der Waals surface area contributed by atoms with Gasteiger partial charge in [0.05, 0.1) is 19.1 Å². The van der Waals surface area contributed by atoms with Crippen LogP contribution in [-0.4, -0.2) is 59.3 Å². The van der Waals surface area contributed by atoms with Crippen LogP contribution in [0.1, 0.15) is 58.8 Å². The molecule has 0 saturated heterocycles. The topological polar surface area (TPSA) is 96.2 Å². The van der Waals surface area contributed by atoms with Crippen molar-refractivity contribution in [3.63, 3.8) is 0 Å². The number of carboxylic acids is 1. The SMILES string of the molecule is CCCCCCCC([O-])=NCCN(CCC(=O)O)CC(C)O.[K+]. The Balaban J connectivity index is 0. The molecule has 0 aliphatic carbocycles. The molecule has 130 valence electrons. The zero-order chi connectivity index (χ0) is 16.8. The Morgan fingerprint density at radius 2 is 1.83 bits per heavy atom. The Labute approximate surface area is 182 Å². The number of rotatable bonds is 14. The number of nitrogens with zero attached hydrogens (tertiary/aromatic N) is 2. The van der Waals surface area contributed by atoms with Crippen molar-refractivity contribution in [2.24, 2.45) is 4.99 Å². The standard InChI is InChI=1S/C16H32N2O4.K/c1-3-4-5-6-7-8-15(20)17-10-12-18(13-14(2)19)11-9-16(21)22;/h14,19H,3-13H2,1-2H3,(H,17,20)(H,21,22);/q;+1/p-1. The van der Waals surface area contributed by atoms with Gasteiger partial charge < -0.3 is 20.3 Å². The fourth-order valence-electron chi connectivity index (χ4n) is 2.20. The molecule has 0 rings (SSSR count). The minimum Gasteiger partial charge on any atom is -0.862 e. The Kier molecular flexibility index (Phi) is 19.4. The maximum absolute atomic E-state index is 11.6. The summed E-state index contributed by atoms with van der Waals surface area (Å²) in [6.07, 6.45) is 5.52. The number of carboxylic acid groups (broad SMARTS) is 1. The van der Waals surface area contributed by atoms with Gasteiger partial charge in [0, 0.05) is 19.6 Å². The van der Waals surface area contributed by atoms with Gasteiger partial charge in [-0.3, -0.25) is 9.69 Å². The molecular weight excluding hydrogens is 323 g/mol. The Morgan fingerprint density at radius 1 is 1.17 bits per heavy atom. The van der Waals surface area contributed by atoms with Gasteiger partial charge in [0.2, 0.25) is 0 Å².